The number of primary amides is 1. The molecule has 0 atom stereocenters. The number of carboxylic acid groups (broad SMARTS) is 1. The minimum atomic E-state index is -1.35. The molecule has 20 nitrogen and oxygen atoms in total. The first-order valence-corrected chi connectivity index (χ1v) is 31.6. The quantitative estimate of drug-likeness (QED) is 0.0121. The summed E-state index contributed by atoms with van der Waals surface area (Å²) in [4.78, 5) is 75.3. The Balaban J connectivity index is 0.000000238. The van der Waals surface area contributed by atoms with Crippen LogP contribution in [0.25, 0.3) is 27.2 Å². The highest BCUT2D eigenvalue weighted by molar-refractivity contribution is 6.13. The highest BCUT2D eigenvalue weighted by atomic mass is 16.5. The van der Waals surface area contributed by atoms with Gasteiger partial charge in [-0.2, -0.15) is 5.11 Å². The highest BCUT2D eigenvalue weighted by Crippen LogP contribution is 2.40. The fourth-order valence-electron chi connectivity index (χ4n) is 10.7. The molecule has 7 N–H and O–H groups in total. The van der Waals surface area contributed by atoms with Crippen LogP contribution in [-0.4, -0.2) is 81.5 Å². The second-order valence-electron chi connectivity index (χ2n) is 22.7. The zero-order chi connectivity index (χ0) is 68.6. The molecular formula is C75H82N6O14. The first-order valence-electron chi connectivity index (χ1n) is 31.6. The lowest BCUT2D eigenvalue weighted by molar-refractivity contribution is -0.131. The number of hydrogen-bond acceptors (Lipinski definition) is 15. The lowest BCUT2D eigenvalue weighted by Crippen LogP contribution is -2.29. The molecule has 9 rings (SSSR count). The number of esters is 1. The number of unbranched alkanes of at least 4 members (excludes halogenated alkanes) is 9. The number of nitrogens with one attached hydrogen (secondary N) is 1. The van der Waals surface area contributed by atoms with Gasteiger partial charge < -0.3 is 55.3 Å². The minimum Gasteiger partial charge on any atom is -0.507 e. The third kappa shape index (κ3) is 19.1. The van der Waals surface area contributed by atoms with Crippen molar-refractivity contribution in [3.8, 4) is 46.1 Å². The van der Waals surface area contributed by atoms with E-state index in [-0.39, 0.29) is 70.6 Å². The van der Waals surface area contributed by atoms with Crippen molar-refractivity contribution in [2.75, 3.05) is 37.1 Å². The number of benzene rings is 8. The number of fused-ring (bicyclic) bond motifs is 2. The van der Waals surface area contributed by atoms with Gasteiger partial charge in [0, 0.05) is 53.1 Å². The van der Waals surface area contributed by atoms with Gasteiger partial charge in [0.1, 0.15) is 53.3 Å². The van der Waals surface area contributed by atoms with Gasteiger partial charge in [0.05, 0.1) is 41.0 Å². The van der Waals surface area contributed by atoms with Gasteiger partial charge in [-0.15, -0.1) is 5.11 Å². The summed E-state index contributed by atoms with van der Waals surface area (Å²) in [5.74, 6) is -1.41. The molecule has 0 spiro atoms. The number of azo groups is 1. The number of hydrogen-bond donors (Lipinski definition) is 6. The summed E-state index contributed by atoms with van der Waals surface area (Å²) in [6, 6.07) is 46.3. The van der Waals surface area contributed by atoms with Crippen molar-refractivity contribution < 1.29 is 63.3 Å². The Morgan fingerprint density at radius 1 is 0.621 bits per heavy atom. The van der Waals surface area contributed by atoms with Crippen LogP contribution in [0.5, 0.6) is 40.4 Å². The van der Waals surface area contributed by atoms with E-state index in [4.69, 9.17) is 24.7 Å². The van der Waals surface area contributed by atoms with E-state index in [0.29, 0.717) is 50.9 Å². The van der Waals surface area contributed by atoms with E-state index >= 15 is 0 Å². The van der Waals surface area contributed by atoms with Crippen LogP contribution in [-0.2, 0) is 9.59 Å². The maximum atomic E-state index is 13.5. The van der Waals surface area contributed by atoms with Gasteiger partial charge in [-0.3, -0.25) is 24.0 Å². The molecule has 0 aliphatic rings. The van der Waals surface area contributed by atoms with E-state index in [2.05, 4.69) is 22.5 Å². The number of methoxy groups -OCH3 is 1. The Hall–Kier alpha value is -11.0. The van der Waals surface area contributed by atoms with Gasteiger partial charge in [0.15, 0.2) is 5.69 Å². The van der Waals surface area contributed by atoms with E-state index in [9.17, 15) is 49.2 Å². The molecule has 1 heterocycles. The van der Waals surface area contributed by atoms with Crippen molar-refractivity contribution in [3.63, 3.8) is 0 Å². The summed E-state index contributed by atoms with van der Waals surface area (Å²) >= 11 is 0. The smallest absolute Gasteiger partial charge is 0.337 e. The lowest BCUT2D eigenvalue weighted by atomic mass is 9.97. The first kappa shape index (κ1) is 71.4. The topological polar surface area (TPSA) is 291 Å². The summed E-state index contributed by atoms with van der Waals surface area (Å²) in [7, 11) is 1.54. The molecule has 9 aromatic rings. The number of ether oxygens (including phenoxy) is 4. The average Bonchev–Trinajstić information content (AvgIpc) is 0.773. The number of aromatic nitrogens is 1. The molecule has 0 saturated heterocycles. The number of carbonyl (C=O) groups excluding carboxylic acids is 4. The molecule has 20 heteroatoms. The number of aromatic carboxylic acids is 1. The SMILES string of the molecule is CC(=O)Oc1ccccc1.CCCCCCCCCCCCN(C(C)=O)c1cccc2c(O)c(C(=O)Nc3ccccc3OC)ccc12.Cc1c(C(N)=O)c(O)n(-c2ccccc2C(=O)O)c(=O)c1N=Nc1ccc(OCCOc2cc(C(C)C)c(O)c3ccccc23)cc1. The van der Waals surface area contributed by atoms with E-state index in [1.165, 1.54) is 96.6 Å². The van der Waals surface area contributed by atoms with Crippen LogP contribution in [0, 0.1) is 6.92 Å². The number of carboxylic acids is 1. The molecule has 0 saturated carbocycles. The van der Waals surface area contributed by atoms with Crippen LogP contribution in [0.1, 0.15) is 147 Å². The predicted octanol–water partition coefficient (Wildman–Crippen LogP) is 16.2. The molecule has 8 aromatic carbocycles. The van der Waals surface area contributed by atoms with E-state index < -0.39 is 34.8 Å². The van der Waals surface area contributed by atoms with Gasteiger partial charge in [0.25, 0.3) is 17.4 Å². The molecule has 0 radical (unpaired) electrons. The molecule has 95 heavy (non-hydrogen) atoms. The van der Waals surface area contributed by atoms with Crippen LogP contribution < -0.4 is 40.5 Å². The molecular weight excluding hydrogens is 1210 g/mol. The fourth-order valence-corrected chi connectivity index (χ4v) is 10.7. The number of nitrogens with two attached hydrogens (primary N) is 1. The molecule has 0 fully saturated rings. The number of phenolic OH excluding ortho intramolecular Hbond substituents is 2. The van der Waals surface area contributed by atoms with Crippen LogP contribution in [0.15, 0.2) is 179 Å². The van der Waals surface area contributed by atoms with Gasteiger partial charge >= 0.3 is 11.9 Å². The maximum Gasteiger partial charge on any atom is 0.337 e. The summed E-state index contributed by atoms with van der Waals surface area (Å²) < 4.78 is 22.6. The van der Waals surface area contributed by atoms with Gasteiger partial charge in [-0.1, -0.05) is 163 Å². The number of rotatable bonds is 27. The second-order valence-corrected chi connectivity index (χ2v) is 22.7. The number of aromatic hydroxyl groups is 3. The third-order valence-electron chi connectivity index (χ3n) is 15.6. The van der Waals surface area contributed by atoms with Crippen molar-refractivity contribution in [2.45, 2.75) is 112 Å². The van der Waals surface area contributed by atoms with Gasteiger partial charge in [-0.05, 0) is 98.1 Å². The largest absolute Gasteiger partial charge is 0.507 e. The van der Waals surface area contributed by atoms with E-state index in [1.54, 1.807) is 84.6 Å². The monoisotopic (exact) mass is 1290 g/mol. The second kappa shape index (κ2) is 35.1. The highest BCUT2D eigenvalue weighted by Gasteiger charge is 2.26. The van der Waals surface area contributed by atoms with Crippen LogP contribution in [0.3, 0.4) is 0 Å². The molecule has 0 unspecified atom stereocenters. The standard InChI is InChI=1S/C35H32N4O8.C32H42N2O4.C8H8O2/c1-19(2)26-18-28(23-8-4-5-9-24(23)31(26)40)47-17-16-46-22-14-12-21(13-15-22)37-38-30-20(3)29(32(36)41)33(42)39(34(30)43)27-11-7-6-10-25(27)35(44)45;1-4-5-6-7-8-9-10-11-12-15-23-34(24(2)35)29-19-16-17-26-25(29)21-22-27(31(26)36)32(37)33-28-18-13-14-20-30(28)38-3;1-7(9)10-8-5-3-2-4-6-8/h4-15,18-19,40,42H,16-17H2,1-3H3,(H2,36,41)(H,44,45);13-14,16-22,36H,4-12,15,23H2,1-3H3,(H,33,37);2-6H,1H3. The van der Waals surface area contributed by atoms with Crippen molar-refractivity contribution in [2.24, 2.45) is 16.0 Å². The fraction of sp³-hybridized carbons (Fsp3) is 0.280. The maximum absolute atomic E-state index is 13.5. The number of para-hydroxylation sites is 4. The van der Waals surface area contributed by atoms with Crippen molar-refractivity contribution in [1.29, 1.82) is 0 Å². The molecule has 1 aromatic heterocycles. The Bertz CT molecular complexity index is 4230. The van der Waals surface area contributed by atoms with Gasteiger partial charge in [-0.25, -0.2) is 9.36 Å². The zero-order valence-corrected chi connectivity index (χ0v) is 54.6. The summed E-state index contributed by atoms with van der Waals surface area (Å²) in [6.07, 6.45) is 12.3. The average molecular weight is 1290 g/mol. The number of pyridine rings is 1. The van der Waals surface area contributed by atoms with Crippen molar-refractivity contribution in [3.05, 3.63) is 202 Å². The Morgan fingerprint density at radius 3 is 1.86 bits per heavy atom. The summed E-state index contributed by atoms with van der Waals surface area (Å²) in [6.45, 7) is 11.7. The lowest BCUT2D eigenvalue weighted by Gasteiger charge is -2.23. The number of nitrogens with zero attached hydrogens (tertiary/aromatic N) is 4. The minimum absolute atomic E-state index is 0.0188. The third-order valence-corrected chi connectivity index (χ3v) is 15.6. The van der Waals surface area contributed by atoms with Crippen molar-refractivity contribution >= 4 is 74.0 Å². The van der Waals surface area contributed by atoms with Crippen molar-refractivity contribution in [1.82, 2.24) is 4.57 Å². The normalized spacial score (nSPS) is 10.9. The molecule has 496 valence electrons. The first-order chi connectivity index (χ1) is 45.7. The Kier molecular flexibility index (Phi) is 26.4. The predicted molar refractivity (Wildman–Crippen MR) is 369 cm³/mol. The molecule has 0 aliphatic carbocycles. The Labute approximate surface area is 552 Å². The molecule has 0 aliphatic heterocycles. The molecule has 3 amide bonds. The van der Waals surface area contributed by atoms with E-state index in [1.807, 2.05) is 80.6 Å². The molecule has 0 bridgehead atoms. The van der Waals surface area contributed by atoms with E-state index in [0.717, 1.165) is 40.3 Å². The number of carbonyl (C=O) groups is 5. The van der Waals surface area contributed by atoms with Gasteiger partial charge in [0.2, 0.25) is 11.8 Å². The Morgan fingerprint density at radius 2 is 1.22 bits per heavy atom. The van der Waals surface area contributed by atoms with Crippen LogP contribution in [0.4, 0.5) is 22.7 Å². The zero-order valence-electron chi connectivity index (χ0n) is 54.6. The van der Waals surface area contributed by atoms with Crippen LogP contribution >= 0.6 is 0 Å². The van der Waals surface area contributed by atoms with Crippen LogP contribution in [0.2, 0.25) is 0 Å². The summed E-state index contributed by atoms with van der Waals surface area (Å²) in [5, 5.41) is 56.0. The number of phenols is 2. The number of anilines is 2. The summed E-state index contributed by atoms with van der Waals surface area (Å²) in [5.41, 5.74) is 5.97. The number of amides is 3.